The molecule has 0 amide bonds. The fourth-order valence-corrected chi connectivity index (χ4v) is 3.45. The second-order valence-electron chi connectivity index (χ2n) is 8.23. The minimum atomic E-state index is -0.968. The van der Waals surface area contributed by atoms with Crippen molar-refractivity contribution < 1.29 is 28.8 Å². The summed E-state index contributed by atoms with van der Waals surface area (Å²) in [5, 5.41) is 9.11. The normalized spacial score (nSPS) is 13.5. The van der Waals surface area contributed by atoms with Crippen molar-refractivity contribution >= 4 is 5.97 Å². The van der Waals surface area contributed by atoms with Crippen molar-refractivity contribution in [2.45, 2.75) is 51.4 Å². The lowest BCUT2D eigenvalue weighted by atomic mass is 10.1. The van der Waals surface area contributed by atoms with Gasteiger partial charge >= 0.3 is 5.97 Å². The first-order valence-corrected chi connectivity index (χ1v) is 11.4. The van der Waals surface area contributed by atoms with Crippen LogP contribution in [-0.2, 0) is 16.0 Å². The van der Waals surface area contributed by atoms with Crippen LogP contribution in [0.4, 0.5) is 0 Å². The van der Waals surface area contributed by atoms with E-state index >= 15 is 0 Å². The molecule has 0 fully saturated rings. The van der Waals surface area contributed by atoms with Gasteiger partial charge in [-0.3, -0.25) is 0 Å². The summed E-state index contributed by atoms with van der Waals surface area (Å²) in [6.45, 7) is 4.08. The Bertz CT molecular complexity index is 1000. The van der Waals surface area contributed by atoms with E-state index in [9.17, 15) is 4.79 Å². The highest BCUT2D eigenvalue weighted by Crippen LogP contribution is 2.25. The van der Waals surface area contributed by atoms with Crippen LogP contribution in [0.25, 0.3) is 0 Å². The third-order valence-corrected chi connectivity index (χ3v) is 5.36. The summed E-state index contributed by atoms with van der Waals surface area (Å²) in [7, 11) is 1.40. The summed E-state index contributed by atoms with van der Waals surface area (Å²) in [6.07, 6.45) is 1.20. The molecule has 0 aliphatic rings. The first-order chi connectivity index (χ1) is 16.4. The molecule has 34 heavy (non-hydrogen) atoms. The van der Waals surface area contributed by atoms with E-state index in [0.717, 1.165) is 41.4 Å². The molecule has 180 valence electrons. The molecule has 0 aliphatic heterocycles. The van der Waals surface area contributed by atoms with Crippen LogP contribution >= 0.6 is 0 Å². The van der Waals surface area contributed by atoms with Gasteiger partial charge < -0.3 is 24.1 Å². The van der Waals surface area contributed by atoms with Gasteiger partial charge in [0.15, 0.2) is 6.10 Å². The highest BCUT2D eigenvalue weighted by Gasteiger charge is 2.17. The molecule has 0 heterocycles. The van der Waals surface area contributed by atoms with Crippen LogP contribution in [0, 0.1) is 0 Å². The van der Waals surface area contributed by atoms with Crippen molar-refractivity contribution in [3.8, 4) is 23.0 Å². The summed E-state index contributed by atoms with van der Waals surface area (Å²) in [4.78, 5) is 11.1. The Balaban J connectivity index is 1.40. The van der Waals surface area contributed by atoms with E-state index < -0.39 is 12.1 Å². The zero-order valence-electron chi connectivity index (χ0n) is 19.8. The second kappa shape index (κ2) is 12.7. The smallest absolute Gasteiger partial charge is 0.333 e. The van der Waals surface area contributed by atoms with Crippen LogP contribution in [0.1, 0.15) is 32.3 Å². The largest absolute Gasteiger partial charge is 0.491 e. The van der Waals surface area contributed by atoms with E-state index in [1.807, 2.05) is 92.7 Å². The quantitative estimate of drug-likeness (QED) is 0.328. The van der Waals surface area contributed by atoms with E-state index in [-0.39, 0.29) is 12.2 Å². The predicted molar refractivity (Wildman–Crippen MR) is 131 cm³/mol. The van der Waals surface area contributed by atoms with Crippen molar-refractivity contribution in [2.75, 3.05) is 7.11 Å². The van der Waals surface area contributed by atoms with Crippen LogP contribution in [0.5, 0.6) is 23.0 Å². The molecule has 0 saturated heterocycles. The number of carboxylic acid groups (broad SMARTS) is 1. The summed E-state index contributed by atoms with van der Waals surface area (Å²) in [5.41, 5.74) is 0.886. The van der Waals surface area contributed by atoms with Crippen molar-refractivity contribution in [3.63, 3.8) is 0 Å². The van der Waals surface area contributed by atoms with Crippen LogP contribution in [-0.4, -0.2) is 36.5 Å². The molecule has 6 nitrogen and oxygen atoms in total. The first-order valence-electron chi connectivity index (χ1n) is 11.4. The van der Waals surface area contributed by atoms with Gasteiger partial charge in [0, 0.05) is 13.5 Å². The number of hydrogen-bond donors (Lipinski definition) is 1. The van der Waals surface area contributed by atoms with Gasteiger partial charge in [-0.25, -0.2) is 4.79 Å². The molecule has 3 aromatic rings. The fourth-order valence-electron chi connectivity index (χ4n) is 3.45. The zero-order valence-corrected chi connectivity index (χ0v) is 19.8. The maximum atomic E-state index is 11.1. The third kappa shape index (κ3) is 8.12. The van der Waals surface area contributed by atoms with Crippen LogP contribution in [0.3, 0.4) is 0 Å². The first kappa shape index (κ1) is 25.1. The molecule has 0 bridgehead atoms. The van der Waals surface area contributed by atoms with Gasteiger partial charge in [0.2, 0.25) is 0 Å². The van der Waals surface area contributed by atoms with Crippen molar-refractivity contribution in [3.05, 3.63) is 84.4 Å². The molecule has 3 rings (SSSR count). The van der Waals surface area contributed by atoms with Crippen LogP contribution in [0.15, 0.2) is 78.9 Å². The maximum absolute atomic E-state index is 11.1. The number of aliphatic carboxylic acids is 1. The Morgan fingerprint density at radius 3 is 1.71 bits per heavy atom. The monoisotopic (exact) mass is 464 g/mol. The number of rotatable bonds is 13. The number of benzene rings is 3. The van der Waals surface area contributed by atoms with Gasteiger partial charge in [-0.2, -0.15) is 0 Å². The average molecular weight is 465 g/mol. The van der Waals surface area contributed by atoms with Gasteiger partial charge in [-0.15, -0.1) is 0 Å². The van der Waals surface area contributed by atoms with Gasteiger partial charge in [0.25, 0.3) is 0 Å². The minimum Gasteiger partial charge on any atom is -0.491 e. The molecule has 1 N–H and O–H groups in total. The minimum absolute atomic E-state index is 0.0179. The lowest BCUT2D eigenvalue weighted by Gasteiger charge is -2.19. The van der Waals surface area contributed by atoms with Crippen LogP contribution in [0.2, 0.25) is 0 Å². The third-order valence-electron chi connectivity index (χ3n) is 5.36. The van der Waals surface area contributed by atoms with Gasteiger partial charge in [0.05, 0.1) is 12.2 Å². The number of carboxylic acids is 1. The van der Waals surface area contributed by atoms with E-state index in [1.165, 1.54) is 7.11 Å². The molecule has 0 radical (unpaired) electrons. The van der Waals surface area contributed by atoms with Crippen molar-refractivity contribution in [2.24, 2.45) is 0 Å². The zero-order chi connectivity index (χ0) is 24.3. The van der Waals surface area contributed by atoms with E-state index in [2.05, 4.69) is 0 Å². The molecule has 0 unspecified atom stereocenters. The summed E-state index contributed by atoms with van der Waals surface area (Å²) in [6, 6.07) is 24.7. The van der Waals surface area contributed by atoms with E-state index in [1.54, 1.807) is 0 Å². The Labute approximate surface area is 201 Å². The van der Waals surface area contributed by atoms with Crippen molar-refractivity contribution in [1.82, 2.24) is 0 Å². The Morgan fingerprint density at radius 1 is 0.735 bits per heavy atom. The predicted octanol–water partition coefficient (Wildman–Crippen LogP) is 6.14. The highest BCUT2D eigenvalue weighted by molar-refractivity contribution is 5.72. The van der Waals surface area contributed by atoms with Crippen LogP contribution < -0.4 is 14.2 Å². The number of hydrogen-bond acceptors (Lipinski definition) is 5. The van der Waals surface area contributed by atoms with Gasteiger partial charge in [-0.1, -0.05) is 30.3 Å². The molecule has 0 saturated carbocycles. The molecular weight excluding hydrogens is 432 g/mol. The molecule has 3 aromatic carbocycles. The Hall–Kier alpha value is -3.51. The standard InChI is InChI=1S/C28H32O6/c1-20(32-24-13-11-22(12-14-24)19-27(31-3)28(29)30)9-10-21(2)33-25-15-17-26(18-16-25)34-23-7-5-4-6-8-23/h4-8,11-18,20-21,27H,9-10,19H2,1-3H3,(H,29,30)/t20-,21-,27-/m0/s1. The highest BCUT2D eigenvalue weighted by atomic mass is 16.5. The number of ether oxygens (including phenoxy) is 4. The molecule has 0 spiro atoms. The Morgan fingerprint density at radius 2 is 1.21 bits per heavy atom. The average Bonchev–Trinajstić information content (AvgIpc) is 2.84. The summed E-state index contributed by atoms with van der Waals surface area (Å²) in [5.74, 6) is 2.15. The lowest BCUT2D eigenvalue weighted by molar-refractivity contribution is -0.148. The number of para-hydroxylation sites is 1. The topological polar surface area (TPSA) is 74.2 Å². The SMILES string of the molecule is CO[C@@H](Cc1ccc(O[C@@H](C)CC[C@H](C)Oc2ccc(Oc3ccccc3)cc2)cc1)C(=O)O. The Kier molecular flexibility index (Phi) is 9.35. The molecule has 0 aliphatic carbocycles. The lowest BCUT2D eigenvalue weighted by Crippen LogP contribution is -2.24. The number of carbonyl (C=O) groups is 1. The summed E-state index contributed by atoms with van der Waals surface area (Å²) >= 11 is 0. The molecular formula is C28H32O6. The van der Waals surface area contributed by atoms with Gasteiger partial charge in [0.1, 0.15) is 23.0 Å². The van der Waals surface area contributed by atoms with E-state index in [4.69, 9.17) is 24.1 Å². The van der Waals surface area contributed by atoms with Crippen molar-refractivity contribution in [1.29, 1.82) is 0 Å². The van der Waals surface area contributed by atoms with E-state index in [0.29, 0.717) is 6.42 Å². The number of methoxy groups -OCH3 is 1. The van der Waals surface area contributed by atoms with Gasteiger partial charge in [-0.05, 0) is 80.8 Å². The molecule has 0 aromatic heterocycles. The maximum Gasteiger partial charge on any atom is 0.333 e. The second-order valence-corrected chi connectivity index (χ2v) is 8.23. The molecule has 6 heteroatoms. The molecule has 3 atom stereocenters. The summed E-state index contributed by atoms with van der Waals surface area (Å²) < 4.78 is 22.8. The fraction of sp³-hybridized carbons (Fsp3) is 0.321.